The maximum Gasteiger partial charge on any atom is 0.296 e. The SMILES string of the molecule is O=C(CNc1nc2nc(O[C@@H]3CO[C@H]4C3OC[C@H]4O)[nH]c2cc1Cl)c1ccccc1. The van der Waals surface area contributed by atoms with E-state index in [1.807, 2.05) is 18.2 Å². The van der Waals surface area contributed by atoms with E-state index in [0.717, 1.165) is 0 Å². The van der Waals surface area contributed by atoms with Gasteiger partial charge in [-0.1, -0.05) is 41.9 Å². The number of benzene rings is 1. The van der Waals surface area contributed by atoms with Crippen molar-refractivity contribution >= 4 is 34.4 Å². The first kappa shape index (κ1) is 19.3. The molecule has 30 heavy (non-hydrogen) atoms. The number of aliphatic hydroxyl groups is 1. The number of nitrogens with one attached hydrogen (secondary N) is 2. The molecule has 156 valence electrons. The monoisotopic (exact) mass is 430 g/mol. The van der Waals surface area contributed by atoms with Crippen molar-refractivity contribution in [2.75, 3.05) is 25.1 Å². The highest BCUT2D eigenvalue weighted by Crippen LogP contribution is 2.30. The molecule has 0 amide bonds. The van der Waals surface area contributed by atoms with Crippen molar-refractivity contribution in [1.29, 1.82) is 0 Å². The molecule has 2 saturated heterocycles. The van der Waals surface area contributed by atoms with E-state index in [0.29, 0.717) is 34.2 Å². The number of anilines is 1. The predicted molar refractivity (Wildman–Crippen MR) is 108 cm³/mol. The maximum atomic E-state index is 12.3. The molecule has 5 rings (SSSR count). The fourth-order valence-corrected chi connectivity index (χ4v) is 3.87. The lowest BCUT2D eigenvalue weighted by Gasteiger charge is -2.15. The van der Waals surface area contributed by atoms with Crippen LogP contribution in [0.4, 0.5) is 5.82 Å². The van der Waals surface area contributed by atoms with Gasteiger partial charge in [0.25, 0.3) is 6.01 Å². The Morgan fingerprint density at radius 2 is 2.03 bits per heavy atom. The van der Waals surface area contributed by atoms with Crippen LogP contribution >= 0.6 is 11.6 Å². The molecule has 0 saturated carbocycles. The van der Waals surface area contributed by atoms with E-state index in [1.165, 1.54) is 0 Å². The van der Waals surface area contributed by atoms with Crippen LogP contribution in [0.15, 0.2) is 36.4 Å². The third-order valence-corrected chi connectivity index (χ3v) is 5.45. The van der Waals surface area contributed by atoms with E-state index >= 15 is 0 Å². The van der Waals surface area contributed by atoms with E-state index in [9.17, 15) is 9.90 Å². The second-order valence-electron chi connectivity index (χ2n) is 7.19. The van der Waals surface area contributed by atoms with Crippen molar-refractivity contribution in [1.82, 2.24) is 15.0 Å². The standard InChI is InChI=1S/C20H19ClN4O5/c21-11-6-12-19(24-18(11)22-7-13(26)10-4-2-1-3-5-10)25-20(23-12)30-15-9-29-16-14(27)8-28-17(15)16/h1-6,14-17,27H,7-9H2,(H2,22,23,24,25)/t14-,15-,16-,17?/m1/s1. The summed E-state index contributed by atoms with van der Waals surface area (Å²) in [7, 11) is 0. The Bertz CT molecular complexity index is 1080. The number of rotatable bonds is 6. The molecular formula is C20H19ClN4O5. The second-order valence-corrected chi connectivity index (χ2v) is 7.60. The number of fused-ring (bicyclic) bond motifs is 2. The molecule has 4 atom stereocenters. The molecule has 4 heterocycles. The number of carbonyl (C=O) groups is 1. The molecule has 10 heteroatoms. The number of Topliss-reactive ketones (excluding diaryl/α,β-unsaturated/α-hetero) is 1. The zero-order valence-electron chi connectivity index (χ0n) is 15.7. The van der Waals surface area contributed by atoms with Gasteiger partial charge in [0.2, 0.25) is 0 Å². The molecule has 1 aromatic carbocycles. The van der Waals surface area contributed by atoms with Crippen LogP contribution in [-0.2, 0) is 9.47 Å². The third kappa shape index (κ3) is 3.61. The molecule has 2 fully saturated rings. The van der Waals surface area contributed by atoms with Crippen molar-refractivity contribution in [3.63, 3.8) is 0 Å². The number of hydrogen-bond donors (Lipinski definition) is 3. The largest absolute Gasteiger partial charge is 0.456 e. The minimum absolute atomic E-state index is 0.0537. The number of pyridine rings is 1. The number of H-pyrrole nitrogens is 1. The van der Waals surface area contributed by atoms with Gasteiger partial charge in [-0.25, -0.2) is 4.98 Å². The van der Waals surface area contributed by atoms with Crippen LogP contribution in [-0.4, -0.2) is 70.0 Å². The summed E-state index contributed by atoms with van der Waals surface area (Å²) in [6, 6.07) is 10.9. The molecule has 0 bridgehead atoms. The van der Waals surface area contributed by atoms with Crippen LogP contribution in [0.25, 0.3) is 11.2 Å². The van der Waals surface area contributed by atoms with Crippen LogP contribution in [0.3, 0.4) is 0 Å². The Morgan fingerprint density at radius 3 is 2.87 bits per heavy atom. The molecule has 3 N–H and O–H groups in total. The first-order valence-corrected chi connectivity index (χ1v) is 9.92. The molecule has 3 aromatic rings. The maximum absolute atomic E-state index is 12.3. The highest BCUT2D eigenvalue weighted by atomic mass is 35.5. The Balaban J connectivity index is 1.29. The van der Waals surface area contributed by atoms with Crippen LogP contribution in [0.2, 0.25) is 5.02 Å². The molecule has 2 aliphatic rings. The van der Waals surface area contributed by atoms with Crippen LogP contribution in [0.5, 0.6) is 6.01 Å². The summed E-state index contributed by atoms with van der Waals surface area (Å²) in [5.41, 5.74) is 1.60. The van der Waals surface area contributed by atoms with Crippen molar-refractivity contribution in [3.8, 4) is 6.01 Å². The average molecular weight is 431 g/mol. The quantitative estimate of drug-likeness (QED) is 0.507. The summed E-state index contributed by atoms with van der Waals surface area (Å²) in [6.07, 6.45) is -1.76. The fraction of sp³-hybridized carbons (Fsp3) is 0.350. The van der Waals surface area contributed by atoms with Crippen LogP contribution in [0.1, 0.15) is 10.4 Å². The highest BCUT2D eigenvalue weighted by Gasteiger charge is 2.48. The summed E-state index contributed by atoms with van der Waals surface area (Å²) in [5, 5.41) is 13.2. The van der Waals surface area contributed by atoms with Gasteiger partial charge in [-0.15, -0.1) is 0 Å². The highest BCUT2D eigenvalue weighted by molar-refractivity contribution is 6.33. The van der Waals surface area contributed by atoms with Gasteiger partial charge in [0.1, 0.15) is 24.1 Å². The summed E-state index contributed by atoms with van der Waals surface area (Å²) >= 11 is 6.31. The minimum Gasteiger partial charge on any atom is -0.456 e. The lowest BCUT2D eigenvalue weighted by Crippen LogP contribution is -2.34. The molecule has 0 radical (unpaired) electrons. The second kappa shape index (κ2) is 7.84. The molecule has 2 aliphatic heterocycles. The van der Waals surface area contributed by atoms with Gasteiger partial charge in [-0.3, -0.25) is 4.79 Å². The number of hydrogen-bond acceptors (Lipinski definition) is 8. The zero-order chi connectivity index (χ0) is 20.7. The van der Waals surface area contributed by atoms with Gasteiger partial charge >= 0.3 is 0 Å². The molecule has 1 unspecified atom stereocenters. The molecular weight excluding hydrogens is 412 g/mol. The lowest BCUT2D eigenvalue weighted by atomic mass is 10.1. The third-order valence-electron chi connectivity index (χ3n) is 5.16. The minimum atomic E-state index is -0.646. The predicted octanol–water partition coefficient (Wildman–Crippen LogP) is 1.81. The van der Waals surface area contributed by atoms with E-state index < -0.39 is 6.10 Å². The normalized spacial score (nSPS) is 25.4. The first-order chi connectivity index (χ1) is 14.6. The summed E-state index contributed by atoms with van der Waals surface area (Å²) in [6.45, 7) is 0.577. The number of halogens is 1. The fourth-order valence-electron chi connectivity index (χ4n) is 3.65. The number of carbonyl (C=O) groups excluding carboxylic acids is 1. The first-order valence-electron chi connectivity index (χ1n) is 9.55. The van der Waals surface area contributed by atoms with Crippen molar-refractivity contribution in [2.24, 2.45) is 0 Å². The van der Waals surface area contributed by atoms with E-state index in [2.05, 4.69) is 20.3 Å². The summed E-state index contributed by atoms with van der Waals surface area (Å²) in [4.78, 5) is 24.1. The van der Waals surface area contributed by atoms with Crippen LogP contribution < -0.4 is 10.1 Å². The van der Waals surface area contributed by atoms with Crippen molar-refractivity contribution in [2.45, 2.75) is 24.4 Å². The van der Waals surface area contributed by atoms with Gasteiger partial charge < -0.3 is 29.6 Å². The van der Waals surface area contributed by atoms with Crippen molar-refractivity contribution < 1.29 is 24.1 Å². The average Bonchev–Trinajstić information content (AvgIpc) is 3.44. The molecule has 9 nitrogen and oxygen atoms in total. The Hall–Kier alpha value is -2.72. The van der Waals surface area contributed by atoms with Gasteiger partial charge in [0.15, 0.2) is 17.5 Å². The van der Waals surface area contributed by atoms with E-state index in [4.69, 9.17) is 25.8 Å². The van der Waals surface area contributed by atoms with E-state index in [1.54, 1.807) is 18.2 Å². The van der Waals surface area contributed by atoms with Gasteiger partial charge in [0, 0.05) is 5.56 Å². The number of aliphatic hydroxyl groups excluding tert-OH is 1. The van der Waals surface area contributed by atoms with Crippen LogP contribution in [0, 0.1) is 0 Å². The number of aromatic amines is 1. The topological polar surface area (TPSA) is 119 Å². The van der Waals surface area contributed by atoms with Gasteiger partial charge in [-0.2, -0.15) is 4.98 Å². The molecule has 2 aromatic heterocycles. The summed E-state index contributed by atoms with van der Waals surface area (Å²) in [5.74, 6) is 0.284. The Morgan fingerprint density at radius 1 is 1.23 bits per heavy atom. The Labute approximate surface area is 176 Å². The van der Waals surface area contributed by atoms with Gasteiger partial charge in [0.05, 0.1) is 30.3 Å². The number of nitrogens with zero attached hydrogens (tertiary/aromatic N) is 2. The number of aromatic nitrogens is 3. The lowest BCUT2D eigenvalue weighted by molar-refractivity contribution is 0.00706. The number of imidazole rings is 1. The zero-order valence-corrected chi connectivity index (χ0v) is 16.5. The number of ether oxygens (including phenoxy) is 3. The number of ketones is 1. The summed E-state index contributed by atoms with van der Waals surface area (Å²) < 4.78 is 17.0. The molecule has 0 spiro atoms. The van der Waals surface area contributed by atoms with Crippen molar-refractivity contribution in [3.05, 3.63) is 47.0 Å². The van der Waals surface area contributed by atoms with Gasteiger partial charge in [-0.05, 0) is 6.07 Å². The van der Waals surface area contributed by atoms with E-state index in [-0.39, 0.29) is 43.3 Å². The smallest absolute Gasteiger partial charge is 0.296 e. The Kier molecular flexibility index (Phi) is 5.03. The molecule has 0 aliphatic carbocycles.